The predicted molar refractivity (Wildman–Crippen MR) is 67.7 cm³/mol. The molecule has 0 fully saturated rings. The summed E-state index contributed by atoms with van der Waals surface area (Å²) in [7, 11) is 1.89. The maximum Gasteiger partial charge on any atom is 0.246 e. The third-order valence-corrected chi connectivity index (χ3v) is 2.27. The van der Waals surface area contributed by atoms with Crippen LogP contribution in [0.25, 0.3) is 0 Å². The lowest BCUT2D eigenvalue weighted by atomic mass is 10.2. The van der Waals surface area contributed by atoms with E-state index < -0.39 is 0 Å². The summed E-state index contributed by atoms with van der Waals surface area (Å²) < 4.78 is 5.31. The topological polar surface area (TPSA) is 50.4 Å². The number of ether oxygens (including phenoxy) is 1. The minimum absolute atomic E-state index is 0.0583. The molecule has 1 aromatic rings. The molecule has 0 unspecified atom stereocenters. The number of benzene rings is 1. The molecule has 0 spiro atoms. The van der Waals surface area contributed by atoms with Crippen LogP contribution in [0.3, 0.4) is 0 Å². The highest BCUT2D eigenvalue weighted by molar-refractivity contribution is 5.77. The molecule has 4 nitrogen and oxygen atoms in total. The minimum atomic E-state index is -0.0583. The summed E-state index contributed by atoms with van der Waals surface area (Å²) in [5.41, 5.74) is 1.08. The first kappa shape index (κ1) is 13.7. The largest absolute Gasteiger partial charge is 0.367 e. The second kappa shape index (κ2) is 8.73. The van der Waals surface area contributed by atoms with Crippen molar-refractivity contribution in [3.05, 3.63) is 35.9 Å². The first-order chi connectivity index (χ1) is 8.33. The van der Waals surface area contributed by atoms with Crippen molar-refractivity contribution >= 4 is 5.91 Å². The van der Waals surface area contributed by atoms with Crippen molar-refractivity contribution in [2.24, 2.45) is 0 Å². The van der Waals surface area contributed by atoms with Gasteiger partial charge in [-0.25, -0.2) is 0 Å². The Morgan fingerprint density at radius 3 is 2.71 bits per heavy atom. The van der Waals surface area contributed by atoms with E-state index in [4.69, 9.17) is 4.74 Å². The summed E-state index contributed by atoms with van der Waals surface area (Å²) in [5.74, 6) is -0.0583. The number of hydrogen-bond donors (Lipinski definition) is 2. The van der Waals surface area contributed by atoms with Gasteiger partial charge in [-0.1, -0.05) is 30.3 Å². The van der Waals surface area contributed by atoms with Crippen molar-refractivity contribution in [2.75, 3.05) is 26.7 Å². The zero-order valence-electron chi connectivity index (χ0n) is 10.2. The standard InChI is InChI=1S/C13H20N2O2/c1-14-8-5-9-15-13(16)11-17-10-12-6-3-2-4-7-12/h2-4,6-7,14H,5,8-11H2,1H3,(H,15,16). The summed E-state index contributed by atoms with van der Waals surface area (Å²) in [6.45, 7) is 2.19. The van der Waals surface area contributed by atoms with Gasteiger partial charge in [0.15, 0.2) is 0 Å². The quantitative estimate of drug-likeness (QED) is 0.660. The van der Waals surface area contributed by atoms with Crippen LogP contribution in [0.4, 0.5) is 0 Å². The lowest BCUT2D eigenvalue weighted by molar-refractivity contribution is -0.126. The van der Waals surface area contributed by atoms with Crippen molar-refractivity contribution in [1.82, 2.24) is 10.6 Å². The Hall–Kier alpha value is -1.39. The molecule has 0 aromatic heterocycles. The van der Waals surface area contributed by atoms with Gasteiger partial charge in [0.2, 0.25) is 5.91 Å². The number of nitrogens with one attached hydrogen (secondary N) is 2. The third-order valence-electron chi connectivity index (χ3n) is 2.27. The Labute approximate surface area is 102 Å². The number of rotatable bonds is 8. The molecule has 2 N–H and O–H groups in total. The van der Waals surface area contributed by atoms with E-state index in [1.165, 1.54) is 0 Å². The highest BCUT2D eigenvalue weighted by atomic mass is 16.5. The monoisotopic (exact) mass is 236 g/mol. The molecule has 0 atom stereocenters. The SMILES string of the molecule is CNCCCNC(=O)COCc1ccccc1. The van der Waals surface area contributed by atoms with E-state index in [2.05, 4.69) is 10.6 Å². The average molecular weight is 236 g/mol. The smallest absolute Gasteiger partial charge is 0.246 e. The molecule has 0 heterocycles. The van der Waals surface area contributed by atoms with Crippen molar-refractivity contribution in [2.45, 2.75) is 13.0 Å². The van der Waals surface area contributed by atoms with Crippen molar-refractivity contribution in [3.63, 3.8) is 0 Å². The van der Waals surface area contributed by atoms with Gasteiger partial charge >= 0.3 is 0 Å². The second-order valence-electron chi connectivity index (χ2n) is 3.79. The maximum absolute atomic E-state index is 11.3. The van der Waals surface area contributed by atoms with Crippen LogP contribution < -0.4 is 10.6 Å². The van der Waals surface area contributed by atoms with Crippen LogP contribution in [0.5, 0.6) is 0 Å². The van der Waals surface area contributed by atoms with Gasteiger partial charge in [-0.2, -0.15) is 0 Å². The molecule has 1 aromatic carbocycles. The van der Waals surface area contributed by atoms with E-state index in [1.807, 2.05) is 37.4 Å². The Balaban J connectivity index is 2.04. The fourth-order valence-corrected chi connectivity index (χ4v) is 1.38. The van der Waals surface area contributed by atoms with E-state index >= 15 is 0 Å². The van der Waals surface area contributed by atoms with E-state index in [1.54, 1.807) is 0 Å². The zero-order chi connectivity index (χ0) is 12.3. The molecule has 0 saturated carbocycles. The van der Waals surface area contributed by atoms with Crippen molar-refractivity contribution < 1.29 is 9.53 Å². The van der Waals surface area contributed by atoms with E-state index in [0.29, 0.717) is 13.2 Å². The number of amides is 1. The molecule has 4 heteroatoms. The molecular formula is C13H20N2O2. The predicted octanol–water partition coefficient (Wildman–Crippen LogP) is 0.929. The van der Waals surface area contributed by atoms with Crippen LogP contribution in [-0.2, 0) is 16.1 Å². The molecule has 17 heavy (non-hydrogen) atoms. The number of hydrogen-bond acceptors (Lipinski definition) is 3. The molecule has 0 saturated heterocycles. The molecule has 0 aliphatic heterocycles. The van der Waals surface area contributed by atoms with Gasteiger partial charge in [0.1, 0.15) is 6.61 Å². The number of carbonyl (C=O) groups excluding carboxylic acids is 1. The molecule has 0 aliphatic rings. The van der Waals surface area contributed by atoms with Gasteiger partial charge in [0, 0.05) is 6.54 Å². The van der Waals surface area contributed by atoms with Gasteiger partial charge in [0.25, 0.3) is 0 Å². The fraction of sp³-hybridized carbons (Fsp3) is 0.462. The van der Waals surface area contributed by atoms with Gasteiger partial charge in [-0.3, -0.25) is 4.79 Å². The zero-order valence-corrected chi connectivity index (χ0v) is 10.2. The molecule has 94 valence electrons. The van der Waals surface area contributed by atoms with Crippen LogP contribution in [-0.4, -0.2) is 32.7 Å². The third kappa shape index (κ3) is 6.71. The van der Waals surface area contributed by atoms with Crippen LogP contribution in [0, 0.1) is 0 Å². The van der Waals surface area contributed by atoms with Gasteiger partial charge in [0.05, 0.1) is 6.61 Å². The van der Waals surface area contributed by atoms with Gasteiger partial charge in [-0.15, -0.1) is 0 Å². The van der Waals surface area contributed by atoms with E-state index in [-0.39, 0.29) is 12.5 Å². The number of carbonyl (C=O) groups is 1. The Morgan fingerprint density at radius 2 is 2.00 bits per heavy atom. The summed E-state index contributed by atoms with van der Waals surface area (Å²) in [5, 5.41) is 5.82. The fourth-order valence-electron chi connectivity index (χ4n) is 1.38. The Morgan fingerprint density at radius 1 is 1.24 bits per heavy atom. The Kier molecular flexibility index (Phi) is 7.02. The highest BCUT2D eigenvalue weighted by Crippen LogP contribution is 1.99. The minimum Gasteiger partial charge on any atom is -0.367 e. The van der Waals surface area contributed by atoms with E-state index in [9.17, 15) is 4.79 Å². The van der Waals surface area contributed by atoms with Crippen LogP contribution in [0.1, 0.15) is 12.0 Å². The van der Waals surface area contributed by atoms with Crippen LogP contribution in [0.2, 0.25) is 0 Å². The van der Waals surface area contributed by atoms with Gasteiger partial charge in [-0.05, 0) is 25.6 Å². The molecular weight excluding hydrogens is 216 g/mol. The normalized spacial score (nSPS) is 10.2. The highest BCUT2D eigenvalue weighted by Gasteiger charge is 2.00. The molecule has 0 radical (unpaired) electrons. The summed E-state index contributed by atoms with van der Waals surface area (Å²) in [6.07, 6.45) is 0.931. The summed E-state index contributed by atoms with van der Waals surface area (Å²) in [6, 6.07) is 9.82. The van der Waals surface area contributed by atoms with Gasteiger partial charge < -0.3 is 15.4 Å². The summed E-state index contributed by atoms with van der Waals surface area (Å²) in [4.78, 5) is 11.3. The second-order valence-corrected chi connectivity index (χ2v) is 3.79. The first-order valence-electron chi connectivity index (χ1n) is 5.86. The maximum atomic E-state index is 11.3. The van der Waals surface area contributed by atoms with Crippen LogP contribution >= 0.6 is 0 Å². The molecule has 0 bridgehead atoms. The average Bonchev–Trinajstić information content (AvgIpc) is 2.36. The van der Waals surface area contributed by atoms with Crippen molar-refractivity contribution in [3.8, 4) is 0 Å². The lowest BCUT2D eigenvalue weighted by Crippen LogP contribution is -2.29. The van der Waals surface area contributed by atoms with Crippen molar-refractivity contribution in [1.29, 1.82) is 0 Å². The molecule has 0 aliphatic carbocycles. The van der Waals surface area contributed by atoms with Crippen LogP contribution in [0.15, 0.2) is 30.3 Å². The summed E-state index contributed by atoms with van der Waals surface area (Å²) >= 11 is 0. The lowest BCUT2D eigenvalue weighted by Gasteiger charge is -2.06. The Bertz CT molecular complexity index is 314. The van der Waals surface area contributed by atoms with E-state index in [0.717, 1.165) is 18.5 Å². The first-order valence-corrected chi connectivity index (χ1v) is 5.86. The molecule has 1 rings (SSSR count). The molecule has 1 amide bonds.